The summed E-state index contributed by atoms with van der Waals surface area (Å²) in [6.07, 6.45) is 4.67. The van der Waals surface area contributed by atoms with Crippen LogP contribution < -0.4 is 0 Å². The van der Waals surface area contributed by atoms with Crippen LogP contribution in [0.25, 0.3) is 10.9 Å². The summed E-state index contributed by atoms with van der Waals surface area (Å²) in [5.74, 6) is 0.311. The van der Waals surface area contributed by atoms with E-state index in [1.54, 1.807) is 22.1 Å². The standard InChI is InChI=1S/C25H27ClN4O2S/c1-18-25(20-10-12-29(13-11-20)33(31,32)24-16-28(2)17-27-24)22-8-3-4-9-23(22)30(18)15-19-6-5-7-21(26)14-19/h3-9,14,16-17,20H,10-13,15H2,1-2H3. The number of imidazole rings is 1. The summed E-state index contributed by atoms with van der Waals surface area (Å²) >= 11 is 6.22. The minimum Gasteiger partial charge on any atom is -0.340 e. The van der Waals surface area contributed by atoms with Crippen molar-refractivity contribution in [3.8, 4) is 0 Å². The van der Waals surface area contributed by atoms with Crippen molar-refractivity contribution in [1.29, 1.82) is 0 Å². The smallest absolute Gasteiger partial charge is 0.262 e. The zero-order valence-electron chi connectivity index (χ0n) is 18.8. The second-order valence-corrected chi connectivity index (χ2v) is 11.1. The van der Waals surface area contributed by atoms with E-state index in [2.05, 4.69) is 46.8 Å². The number of sulfonamides is 1. The lowest BCUT2D eigenvalue weighted by Gasteiger charge is -2.31. The molecular formula is C25H27ClN4O2S. The zero-order valence-corrected chi connectivity index (χ0v) is 20.4. The summed E-state index contributed by atoms with van der Waals surface area (Å²) in [6.45, 7) is 3.92. The van der Waals surface area contributed by atoms with Crippen molar-refractivity contribution in [2.24, 2.45) is 7.05 Å². The van der Waals surface area contributed by atoms with Gasteiger partial charge in [-0.15, -0.1) is 0 Å². The molecule has 2 aromatic carbocycles. The maximum atomic E-state index is 13.0. The highest BCUT2D eigenvalue weighted by atomic mass is 35.5. The van der Waals surface area contributed by atoms with Crippen molar-refractivity contribution in [3.63, 3.8) is 0 Å². The molecule has 0 amide bonds. The molecule has 0 aliphatic carbocycles. The lowest BCUT2D eigenvalue weighted by atomic mass is 9.88. The summed E-state index contributed by atoms with van der Waals surface area (Å²) in [5, 5.41) is 2.11. The topological polar surface area (TPSA) is 60.1 Å². The Balaban J connectivity index is 1.43. The third-order valence-corrected chi connectivity index (χ3v) is 8.68. The number of piperidine rings is 1. The number of halogens is 1. The number of fused-ring (bicyclic) bond motifs is 1. The summed E-state index contributed by atoms with van der Waals surface area (Å²) < 4.78 is 31.6. The fourth-order valence-electron chi connectivity index (χ4n) is 5.03. The van der Waals surface area contributed by atoms with Crippen molar-refractivity contribution in [2.45, 2.75) is 37.3 Å². The lowest BCUT2D eigenvalue weighted by molar-refractivity contribution is 0.319. The molecular weight excluding hydrogens is 456 g/mol. The molecule has 0 radical (unpaired) electrons. The molecule has 3 heterocycles. The second kappa shape index (κ2) is 8.63. The first kappa shape index (κ1) is 22.2. The molecule has 1 saturated heterocycles. The molecule has 4 aromatic rings. The minimum atomic E-state index is -3.56. The van der Waals surface area contributed by atoms with Crippen LogP contribution in [0.15, 0.2) is 66.1 Å². The molecule has 0 unspecified atom stereocenters. The normalized spacial score (nSPS) is 16.0. The average molecular weight is 483 g/mol. The maximum Gasteiger partial charge on any atom is 0.262 e. The van der Waals surface area contributed by atoms with Gasteiger partial charge in [-0.2, -0.15) is 4.31 Å². The summed E-state index contributed by atoms with van der Waals surface area (Å²) in [7, 11) is -1.78. The number of nitrogens with zero attached hydrogens (tertiary/aromatic N) is 4. The first-order valence-electron chi connectivity index (χ1n) is 11.1. The third kappa shape index (κ3) is 4.09. The van der Waals surface area contributed by atoms with Crippen LogP contribution in [-0.2, 0) is 23.6 Å². The van der Waals surface area contributed by atoms with E-state index in [4.69, 9.17) is 11.6 Å². The molecule has 172 valence electrons. The molecule has 0 bridgehead atoms. The van der Waals surface area contributed by atoms with Crippen molar-refractivity contribution in [1.82, 2.24) is 18.4 Å². The van der Waals surface area contributed by atoms with Gasteiger partial charge >= 0.3 is 0 Å². The Bertz CT molecular complexity index is 1420. The Morgan fingerprint density at radius 3 is 2.55 bits per heavy atom. The molecule has 8 heteroatoms. The van der Waals surface area contributed by atoms with E-state index in [-0.39, 0.29) is 5.03 Å². The molecule has 5 rings (SSSR count). The highest BCUT2D eigenvalue weighted by Crippen LogP contribution is 2.38. The maximum absolute atomic E-state index is 13.0. The van der Waals surface area contributed by atoms with E-state index in [1.807, 2.05) is 18.2 Å². The van der Waals surface area contributed by atoms with Crippen molar-refractivity contribution in [3.05, 3.63) is 82.9 Å². The average Bonchev–Trinajstić information content (AvgIpc) is 3.36. The highest BCUT2D eigenvalue weighted by molar-refractivity contribution is 7.89. The van der Waals surface area contributed by atoms with Crippen molar-refractivity contribution < 1.29 is 8.42 Å². The predicted octanol–water partition coefficient (Wildman–Crippen LogP) is 4.95. The van der Waals surface area contributed by atoms with E-state index in [1.165, 1.54) is 28.5 Å². The van der Waals surface area contributed by atoms with Crippen LogP contribution in [0.2, 0.25) is 5.02 Å². The van der Waals surface area contributed by atoms with Gasteiger partial charge in [-0.25, -0.2) is 13.4 Å². The highest BCUT2D eigenvalue weighted by Gasteiger charge is 2.33. The molecule has 2 aromatic heterocycles. The van der Waals surface area contributed by atoms with Gasteiger partial charge < -0.3 is 9.13 Å². The molecule has 1 aliphatic heterocycles. The number of hydrogen-bond donors (Lipinski definition) is 0. The predicted molar refractivity (Wildman–Crippen MR) is 131 cm³/mol. The van der Waals surface area contributed by atoms with Crippen molar-refractivity contribution in [2.75, 3.05) is 13.1 Å². The fourth-order valence-corrected chi connectivity index (χ4v) is 6.68. The number of hydrogen-bond acceptors (Lipinski definition) is 3. The molecule has 33 heavy (non-hydrogen) atoms. The third-order valence-electron chi connectivity index (χ3n) is 6.66. The van der Waals surface area contributed by atoms with Crippen LogP contribution in [-0.4, -0.2) is 39.9 Å². The Morgan fingerprint density at radius 1 is 1.09 bits per heavy atom. The van der Waals surface area contributed by atoms with Crippen molar-refractivity contribution >= 4 is 32.5 Å². The molecule has 1 fully saturated rings. The molecule has 1 aliphatic rings. The minimum absolute atomic E-state index is 0.123. The first-order valence-corrected chi connectivity index (χ1v) is 13.0. The molecule has 6 nitrogen and oxygen atoms in total. The summed E-state index contributed by atoms with van der Waals surface area (Å²) in [5.41, 5.74) is 4.94. The van der Waals surface area contributed by atoms with Gasteiger partial charge in [-0.1, -0.05) is 41.9 Å². The van der Waals surface area contributed by atoms with E-state index < -0.39 is 10.0 Å². The van der Waals surface area contributed by atoms with Crippen LogP contribution in [0.3, 0.4) is 0 Å². The van der Waals surface area contributed by atoms with Crippen LogP contribution in [0.5, 0.6) is 0 Å². The van der Waals surface area contributed by atoms with E-state index in [9.17, 15) is 8.42 Å². The van der Waals surface area contributed by atoms with Gasteiger partial charge in [0.05, 0.1) is 6.33 Å². The molecule has 0 N–H and O–H groups in total. The second-order valence-electron chi connectivity index (χ2n) is 8.79. The Morgan fingerprint density at radius 2 is 1.85 bits per heavy atom. The summed E-state index contributed by atoms with van der Waals surface area (Å²) in [6, 6.07) is 16.5. The van der Waals surface area contributed by atoms with Gasteiger partial charge in [0.15, 0.2) is 5.03 Å². The number of benzene rings is 2. The van der Waals surface area contributed by atoms with Crippen LogP contribution in [0.1, 0.15) is 35.6 Å². The molecule has 0 spiro atoms. The van der Waals surface area contributed by atoms with Crippen LogP contribution in [0, 0.1) is 6.92 Å². The monoisotopic (exact) mass is 482 g/mol. The van der Waals surface area contributed by atoms with Gasteiger partial charge in [0.1, 0.15) is 0 Å². The summed E-state index contributed by atoms with van der Waals surface area (Å²) in [4.78, 5) is 4.06. The number of aryl methyl sites for hydroxylation is 1. The van der Waals surface area contributed by atoms with Gasteiger partial charge in [0.2, 0.25) is 0 Å². The Hall–Kier alpha value is -2.61. The first-order chi connectivity index (χ1) is 15.8. The Labute approximate surface area is 199 Å². The number of rotatable bonds is 5. The van der Waals surface area contributed by atoms with Gasteiger partial charge in [-0.3, -0.25) is 0 Å². The van der Waals surface area contributed by atoms with Gasteiger partial charge in [0.25, 0.3) is 10.0 Å². The lowest BCUT2D eigenvalue weighted by Crippen LogP contribution is -2.38. The Kier molecular flexibility index (Phi) is 5.80. The van der Waals surface area contributed by atoms with Gasteiger partial charge in [-0.05, 0) is 55.0 Å². The van der Waals surface area contributed by atoms with Gasteiger partial charge in [0, 0.05) is 54.5 Å². The van der Waals surface area contributed by atoms with E-state index >= 15 is 0 Å². The van der Waals surface area contributed by atoms with Crippen LogP contribution >= 0.6 is 11.6 Å². The largest absolute Gasteiger partial charge is 0.340 e. The molecule has 0 saturated carbocycles. The fraction of sp³-hybridized carbons (Fsp3) is 0.320. The van der Waals surface area contributed by atoms with E-state index in [0.29, 0.717) is 19.0 Å². The SMILES string of the molecule is Cc1c(C2CCN(S(=O)(=O)c3cn(C)cn3)CC2)c2ccccc2n1Cc1cccc(Cl)c1. The number of para-hydroxylation sites is 1. The zero-order chi connectivity index (χ0) is 23.2. The van der Waals surface area contributed by atoms with E-state index in [0.717, 1.165) is 30.0 Å². The van der Waals surface area contributed by atoms with Crippen LogP contribution in [0.4, 0.5) is 0 Å². The molecule has 0 atom stereocenters. The quantitative estimate of drug-likeness (QED) is 0.404. The number of aromatic nitrogens is 3.